The minimum absolute atomic E-state index is 0.00449. The van der Waals surface area contributed by atoms with Gasteiger partial charge >= 0.3 is 0 Å². The van der Waals surface area contributed by atoms with E-state index in [1.807, 2.05) is 37.4 Å². The van der Waals surface area contributed by atoms with Crippen molar-refractivity contribution in [2.24, 2.45) is 0 Å². The Morgan fingerprint density at radius 1 is 1.38 bits per heavy atom. The van der Waals surface area contributed by atoms with Crippen LogP contribution in [-0.4, -0.2) is 18.7 Å². The molecule has 0 heterocycles. The average molecular weight is 195 g/mol. The third-order valence-corrected chi connectivity index (χ3v) is 2.43. The number of thioether (sulfide) groups is 1. The Kier molecular flexibility index (Phi) is 3.83. The van der Waals surface area contributed by atoms with Crippen LogP contribution in [-0.2, 0) is 0 Å². The van der Waals surface area contributed by atoms with Crippen molar-refractivity contribution in [1.82, 2.24) is 5.32 Å². The lowest BCUT2D eigenvalue weighted by atomic mass is 10.2. The van der Waals surface area contributed by atoms with E-state index in [4.69, 9.17) is 0 Å². The number of rotatable bonds is 3. The molecule has 1 rings (SSSR count). The number of carbonyl (C=O) groups excluding carboxylic acids is 1. The van der Waals surface area contributed by atoms with Crippen LogP contribution in [0.1, 0.15) is 17.3 Å². The fraction of sp³-hybridized carbons (Fsp3) is 0.300. The summed E-state index contributed by atoms with van der Waals surface area (Å²) in [5.74, 6) is -0.00449. The molecular formula is C10H13NOS. The lowest BCUT2D eigenvalue weighted by molar-refractivity contribution is 0.0956. The van der Waals surface area contributed by atoms with Crippen LogP contribution < -0.4 is 5.32 Å². The Morgan fingerprint density at radius 3 is 2.46 bits per heavy atom. The van der Waals surface area contributed by atoms with Crippen molar-refractivity contribution >= 4 is 17.7 Å². The van der Waals surface area contributed by atoms with Crippen molar-refractivity contribution in [2.75, 3.05) is 12.8 Å². The van der Waals surface area contributed by atoms with Crippen molar-refractivity contribution in [3.05, 3.63) is 29.8 Å². The van der Waals surface area contributed by atoms with E-state index in [2.05, 4.69) is 5.32 Å². The maximum absolute atomic E-state index is 11.3. The van der Waals surface area contributed by atoms with E-state index in [0.29, 0.717) is 6.54 Å². The molecule has 1 amide bonds. The second kappa shape index (κ2) is 4.92. The van der Waals surface area contributed by atoms with Crippen LogP contribution in [0, 0.1) is 0 Å². The van der Waals surface area contributed by atoms with Crippen LogP contribution in [0.5, 0.6) is 0 Å². The Hall–Kier alpha value is -0.960. The fourth-order valence-electron chi connectivity index (χ4n) is 1.01. The summed E-state index contributed by atoms with van der Waals surface area (Å²) in [4.78, 5) is 12.5. The minimum Gasteiger partial charge on any atom is -0.352 e. The molecule has 0 bridgehead atoms. The highest BCUT2D eigenvalue weighted by Gasteiger charge is 2.02. The van der Waals surface area contributed by atoms with E-state index >= 15 is 0 Å². The van der Waals surface area contributed by atoms with Gasteiger partial charge in [-0.05, 0) is 37.4 Å². The normalized spacial score (nSPS) is 9.69. The summed E-state index contributed by atoms with van der Waals surface area (Å²) in [7, 11) is 0. The van der Waals surface area contributed by atoms with Crippen molar-refractivity contribution in [1.29, 1.82) is 0 Å². The molecule has 2 nitrogen and oxygen atoms in total. The number of amides is 1. The van der Waals surface area contributed by atoms with Crippen LogP contribution in [0.25, 0.3) is 0 Å². The van der Waals surface area contributed by atoms with Crippen LogP contribution in [0.15, 0.2) is 29.2 Å². The van der Waals surface area contributed by atoms with E-state index in [-0.39, 0.29) is 5.91 Å². The monoisotopic (exact) mass is 195 g/mol. The minimum atomic E-state index is -0.00449. The van der Waals surface area contributed by atoms with E-state index < -0.39 is 0 Å². The van der Waals surface area contributed by atoms with Gasteiger partial charge in [-0.1, -0.05) is 0 Å². The fourth-order valence-corrected chi connectivity index (χ4v) is 1.41. The lowest BCUT2D eigenvalue weighted by Gasteiger charge is -2.02. The Morgan fingerprint density at radius 2 is 2.00 bits per heavy atom. The highest BCUT2D eigenvalue weighted by molar-refractivity contribution is 7.98. The summed E-state index contributed by atoms with van der Waals surface area (Å²) in [5, 5.41) is 2.75. The summed E-state index contributed by atoms with van der Waals surface area (Å²) in [6, 6.07) is 7.60. The summed E-state index contributed by atoms with van der Waals surface area (Å²) in [6.45, 7) is 2.58. The van der Waals surface area contributed by atoms with Gasteiger partial charge < -0.3 is 5.32 Å². The van der Waals surface area contributed by atoms with E-state index in [1.165, 1.54) is 4.90 Å². The molecule has 0 spiro atoms. The molecule has 0 saturated carbocycles. The van der Waals surface area contributed by atoms with Crippen molar-refractivity contribution in [3.8, 4) is 0 Å². The van der Waals surface area contributed by atoms with Gasteiger partial charge in [0.2, 0.25) is 0 Å². The standard InChI is InChI=1S/C10H13NOS/c1-3-11-10(12)8-4-6-9(13-2)7-5-8/h4-7H,3H2,1-2H3,(H,11,12). The molecule has 1 N–H and O–H groups in total. The highest BCUT2D eigenvalue weighted by Crippen LogP contribution is 2.14. The maximum atomic E-state index is 11.3. The first kappa shape index (κ1) is 10.1. The first-order chi connectivity index (χ1) is 6.27. The second-order valence-corrected chi connectivity index (χ2v) is 3.47. The van der Waals surface area contributed by atoms with Crippen LogP contribution in [0.2, 0.25) is 0 Å². The second-order valence-electron chi connectivity index (χ2n) is 2.59. The number of nitrogens with one attached hydrogen (secondary N) is 1. The number of carbonyl (C=O) groups is 1. The van der Waals surface area contributed by atoms with Crippen LogP contribution in [0.3, 0.4) is 0 Å². The molecular weight excluding hydrogens is 182 g/mol. The molecule has 0 saturated heterocycles. The van der Waals surface area contributed by atoms with Gasteiger partial charge in [0.25, 0.3) is 5.91 Å². The smallest absolute Gasteiger partial charge is 0.251 e. The van der Waals surface area contributed by atoms with E-state index in [1.54, 1.807) is 11.8 Å². The molecule has 0 aliphatic rings. The van der Waals surface area contributed by atoms with Crippen LogP contribution >= 0.6 is 11.8 Å². The summed E-state index contributed by atoms with van der Waals surface area (Å²) < 4.78 is 0. The van der Waals surface area contributed by atoms with Gasteiger partial charge in [-0.3, -0.25) is 4.79 Å². The van der Waals surface area contributed by atoms with Crippen molar-refractivity contribution in [3.63, 3.8) is 0 Å². The molecule has 13 heavy (non-hydrogen) atoms. The number of hydrogen-bond donors (Lipinski definition) is 1. The molecule has 0 fully saturated rings. The third kappa shape index (κ3) is 2.77. The van der Waals surface area contributed by atoms with E-state index in [0.717, 1.165) is 5.56 Å². The maximum Gasteiger partial charge on any atom is 0.251 e. The first-order valence-corrected chi connectivity index (χ1v) is 5.42. The average Bonchev–Trinajstić information content (AvgIpc) is 2.18. The molecule has 0 unspecified atom stereocenters. The summed E-state index contributed by atoms with van der Waals surface area (Å²) >= 11 is 1.67. The van der Waals surface area contributed by atoms with Gasteiger partial charge in [-0.2, -0.15) is 0 Å². The van der Waals surface area contributed by atoms with Gasteiger partial charge in [0, 0.05) is 17.0 Å². The lowest BCUT2D eigenvalue weighted by Crippen LogP contribution is -2.22. The van der Waals surface area contributed by atoms with Crippen molar-refractivity contribution in [2.45, 2.75) is 11.8 Å². The quantitative estimate of drug-likeness (QED) is 0.749. The predicted molar refractivity (Wildman–Crippen MR) is 56.2 cm³/mol. The summed E-state index contributed by atoms with van der Waals surface area (Å²) in [6.07, 6.45) is 2.02. The first-order valence-electron chi connectivity index (χ1n) is 4.20. The molecule has 3 heteroatoms. The predicted octanol–water partition coefficient (Wildman–Crippen LogP) is 2.16. The SMILES string of the molecule is CCNC(=O)c1ccc(SC)cc1. The van der Waals surface area contributed by atoms with Gasteiger partial charge in [0.1, 0.15) is 0 Å². The van der Waals surface area contributed by atoms with Crippen molar-refractivity contribution < 1.29 is 4.79 Å². The largest absolute Gasteiger partial charge is 0.352 e. The molecule has 70 valence electrons. The van der Waals surface area contributed by atoms with Gasteiger partial charge in [-0.15, -0.1) is 11.8 Å². The van der Waals surface area contributed by atoms with Gasteiger partial charge in [-0.25, -0.2) is 0 Å². The Balaban J connectivity index is 2.74. The van der Waals surface area contributed by atoms with Crippen LogP contribution in [0.4, 0.5) is 0 Å². The molecule has 1 aromatic carbocycles. The highest BCUT2D eigenvalue weighted by atomic mass is 32.2. The number of hydrogen-bond acceptors (Lipinski definition) is 2. The zero-order valence-corrected chi connectivity index (χ0v) is 8.65. The number of benzene rings is 1. The Labute approximate surface area is 82.7 Å². The topological polar surface area (TPSA) is 29.1 Å². The molecule has 0 radical (unpaired) electrons. The molecule has 0 aliphatic carbocycles. The third-order valence-electron chi connectivity index (χ3n) is 1.69. The van der Waals surface area contributed by atoms with Gasteiger partial charge in [0.05, 0.1) is 0 Å². The molecule has 0 aliphatic heterocycles. The van der Waals surface area contributed by atoms with E-state index in [9.17, 15) is 4.79 Å². The zero-order chi connectivity index (χ0) is 9.68. The molecule has 0 atom stereocenters. The van der Waals surface area contributed by atoms with Gasteiger partial charge in [0.15, 0.2) is 0 Å². The molecule has 1 aromatic rings. The summed E-state index contributed by atoms with van der Waals surface area (Å²) in [5.41, 5.74) is 0.722. The zero-order valence-electron chi connectivity index (χ0n) is 7.83. The molecule has 0 aromatic heterocycles. The Bertz CT molecular complexity index is 281.